The Balaban J connectivity index is 1.74. The van der Waals surface area contributed by atoms with Gasteiger partial charge in [-0.1, -0.05) is 12.1 Å². The minimum atomic E-state index is -4.72. The maximum atomic E-state index is 13.5. The third-order valence-electron chi connectivity index (χ3n) is 5.41. The van der Waals surface area contributed by atoms with E-state index in [1.165, 1.54) is 12.1 Å². The number of amides is 1. The Morgan fingerprint density at radius 3 is 2.41 bits per heavy atom. The second kappa shape index (κ2) is 8.83. The van der Waals surface area contributed by atoms with Crippen molar-refractivity contribution < 1.29 is 22.4 Å². The molecule has 0 aliphatic heterocycles. The van der Waals surface area contributed by atoms with Crippen LogP contribution in [0.2, 0.25) is 0 Å². The predicted molar refractivity (Wildman–Crippen MR) is 124 cm³/mol. The molecule has 0 radical (unpaired) electrons. The molecular weight excluding hydrogens is 516 g/mol. The van der Waals surface area contributed by atoms with E-state index in [4.69, 9.17) is 0 Å². The first kappa shape index (κ1) is 23.9. The average Bonchev–Trinajstić information content (AvgIpc) is 3.01. The standard InChI is InChI=1S/C24H19BrF4N4O/c1-12-8-17-18(10-20(24(27,28)29)30-22(17)19(25)9-12)23(34)31-21-13(2)32-33(14(21)3)11-15-4-6-16(26)7-5-15/h4-10H,11H2,1-3H3,(H,31,34). The molecule has 5 nitrogen and oxygen atoms in total. The molecule has 2 heterocycles. The predicted octanol–water partition coefficient (Wildman–Crippen LogP) is 6.58. The van der Waals surface area contributed by atoms with Crippen LogP contribution in [0, 0.1) is 26.6 Å². The lowest BCUT2D eigenvalue weighted by molar-refractivity contribution is -0.141. The molecule has 0 aliphatic rings. The lowest BCUT2D eigenvalue weighted by Crippen LogP contribution is -2.17. The number of fused-ring (bicyclic) bond motifs is 1. The zero-order valence-electron chi connectivity index (χ0n) is 18.4. The van der Waals surface area contributed by atoms with Crippen molar-refractivity contribution >= 4 is 38.4 Å². The molecule has 2 aromatic carbocycles. The van der Waals surface area contributed by atoms with Crippen molar-refractivity contribution in [2.24, 2.45) is 0 Å². The first-order valence-corrected chi connectivity index (χ1v) is 11.0. The Labute approximate surface area is 200 Å². The van der Waals surface area contributed by atoms with Crippen molar-refractivity contribution in [3.05, 3.63) is 86.5 Å². The van der Waals surface area contributed by atoms with Gasteiger partial charge in [-0.3, -0.25) is 9.48 Å². The van der Waals surface area contributed by atoms with Crippen molar-refractivity contribution in [3.63, 3.8) is 0 Å². The maximum absolute atomic E-state index is 13.5. The minimum Gasteiger partial charge on any atom is -0.319 e. The number of carbonyl (C=O) groups excluding carboxylic acids is 1. The Hall–Kier alpha value is -3.27. The lowest BCUT2D eigenvalue weighted by Gasteiger charge is -2.14. The summed E-state index contributed by atoms with van der Waals surface area (Å²) in [4.78, 5) is 17.0. The number of rotatable bonds is 4. The summed E-state index contributed by atoms with van der Waals surface area (Å²) in [6.45, 7) is 5.55. The van der Waals surface area contributed by atoms with Crippen molar-refractivity contribution in [1.29, 1.82) is 0 Å². The molecule has 0 aliphatic carbocycles. The molecule has 34 heavy (non-hydrogen) atoms. The molecular formula is C24H19BrF4N4O. The summed E-state index contributed by atoms with van der Waals surface area (Å²) in [6.07, 6.45) is -4.72. The van der Waals surface area contributed by atoms with Gasteiger partial charge in [0, 0.05) is 9.86 Å². The fourth-order valence-electron chi connectivity index (χ4n) is 3.73. The van der Waals surface area contributed by atoms with Gasteiger partial charge >= 0.3 is 6.18 Å². The number of aryl methyl sites for hydroxylation is 2. The van der Waals surface area contributed by atoms with Crippen LogP contribution in [-0.2, 0) is 12.7 Å². The molecule has 1 N–H and O–H groups in total. The van der Waals surface area contributed by atoms with E-state index in [2.05, 4.69) is 31.3 Å². The highest BCUT2D eigenvalue weighted by Gasteiger charge is 2.34. The number of hydrogen-bond donors (Lipinski definition) is 1. The van der Waals surface area contributed by atoms with E-state index in [0.29, 0.717) is 33.5 Å². The fraction of sp³-hybridized carbons (Fsp3) is 0.208. The van der Waals surface area contributed by atoms with Gasteiger partial charge in [0.2, 0.25) is 0 Å². The van der Waals surface area contributed by atoms with Gasteiger partial charge in [-0.15, -0.1) is 0 Å². The molecule has 0 atom stereocenters. The second-order valence-electron chi connectivity index (χ2n) is 7.98. The molecule has 176 valence electrons. The molecule has 0 bridgehead atoms. The number of aromatic nitrogens is 3. The SMILES string of the molecule is Cc1cc(Br)c2nc(C(F)(F)F)cc(C(=O)Nc3c(C)nn(Cc4ccc(F)cc4)c3C)c2c1. The Bertz CT molecular complexity index is 1410. The summed E-state index contributed by atoms with van der Waals surface area (Å²) in [7, 11) is 0. The second-order valence-corrected chi connectivity index (χ2v) is 8.83. The monoisotopic (exact) mass is 534 g/mol. The van der Waals surface area contributed by atoms with Crippen LogP contribution in [0.5, 0.6) is 0 Å². The largest absolute Gasteiger partial charge is 0.433 e. The van der Waals surface area contributed by atoms with Gasteiger partial charge in [0.05, 0.1) is 34.7 Å². The quantitative estimate of drug-likeness (QED) is 0.301. The number of halogens is 5. The molecule has 10 heteroatoms. The van der Waals surface area contributed by atoms with Gasteiger partial charge in [-0.25, -0.2) is 9.37 Å². The maximum Gasteiger partial charge on any atom is 0.433 e. The van der Waals surface area contributed by atoms with Gasteiger partial charge < -0.3 is 5.32 Å². The van der Waals surface area contributed by atoms with Gasteiger partial charge in [-0.2, -0.15) is 18.3 Å². The summed E-state index contributed by atoms with van der Waals surface area (Å²) in [6, 6.07) is 9.98. The van der Waals surface area contributed by atoms with Crippen molar-refractivity contribution in [2.45, 2.75) is 33.5 Å². The summed E-state index contributed by atoms with van der Waals surface area (Å²) in [5, 5.41) is 7.46. The highest BCUT2D eigenvalue weighted by atomic mass is 79.9. The Morgan fingerprint density at radius 1 is 1.09 bits per heavy atom. The van der Waals surface area contributed by atoms with Crippen LogP contribution in [0.3, 0.4) is 0 Å². The number of pyridine rings is 1. The fourth-order valence-corrected chi connectivity index (χ4v) is 4.39. The lowest BCUT2D eigenvalue weighted by atomic mass is 10.0. The van der Waals surface area contributed by atoms with Crippen molar-refractivity contribution in [2.75, 3.05) is 5.32 Å². The molecule has 2 aromatic heterocycles. The molecule has 0 spiro atoms. The van der Waals surface area contributed by atoms with E-state index >= 15 is 0 Å². The number of anilines is 1. The first-order valence-electron chi connectivity index (χ1n) is 10.2. The first-order chi connectivity index (χ1) is 15.9. The third-order valence-corrected chi connectivity index (χ3v) is 6.02. The Morgan fingerprint density at radius 2 is 1.76 bits per heavy atom. The van der Waals surface area contributed by atoms with E-state index in [0.717, 1.165) is 17.2 Å². The molecule has 4 aromatic rings. The third kappa shape index (κ3) is 4.68. The topological polar surface area (TPSA) is 59.8 Å². The molecule has 4 rings (SSSR count). The van der Waals surface area contributed by atoms with Crippen LogP contribution in [0.1, 0.15) is 38.6 Å². The highest BCUT2D eigenvalue weighted by Crippen LogP contribution is 2.34. The number of benzene rings is 2. The number of alkyl halides is 3. The van der Waals surface area contributed by atoms with E-state index in [1.54, 1.807) is 49.7 Å². The minimum absolute atomic E-state index is 0.0472. The van der Waals surface area contributed by atoms with Crippen LogP contribution < -0.4 is 5.32 Å². The Kier molecular flexibility index (Phi) is 6.20. The van der Waals surface area contributed by atoms with Crippen LogP contribution in [0.25, 0.3) is 10.9 Å². The summed E-state index contributed by atoms with van der Waals surface area (Å²) >= 11 is 3.26. The molecule has 0 saturated heterocycles. The zero-order chi connectivity index (χ0) is 24.8. The summed E-state index contributed by atoms with van der Waals surface area (Å²) in [5.41, 5.74) is 1.82. The van der Waals surface area contributed by atoms with Crippen LogP contribution in [0.15, 0.2) is 46.9 Å². The van der Waals surface area contributed by atoms with E-state index in [1.807, 2.05) is 0 Å². The number of hydrogen-bond acceptors (Lipinski definition) is 3. The van der Waals surface area contributed by atoms with Gasteiger partial charge in [0.1, 0.15) is 11.5 Å². The molecule has 1 amide bonds. The molecule has 0 fully saturated rings. The van der Waals surface area contributed by atoms with Crippen molar-refractivity contribution in [3.8, 4) is 0 Å². The average molecular weight is 535 g/mol. The van der Waals surface area contributed by atoms with Crippen LogP contribution in [0.4, 0.5) is 23.2 Å². The summed E-state index contributed by atoms with van der Waals surface area (Å²) < 4.78 is 55.7. The summed E-state index contributed by atoms with van der Waals surface area (Å²) in [5.74, 6) is -1.06. The molecule has 0 saturated carbocycles. The zero-order valence-corrected chi connectivity index (χ0v) is 20.0. The highest BCUT2D eigenvalue weighted by molar-refractivity contribution is 9.10. The van der Waals surface area contributed by atoms with Crippen LogP contribution in [-0.4, -0.2) is 20.7 Å². The van der Waals surface area contributed by atoms with E-state index < -0.39 is 17.8 Å². The van der Waals surface area contributed by atoms with Gasteiger partial charge in [-0.05, 0) is 78.2 Å². The smallest absolute Gasteiger partial charge is 0.319 e. The number of nitrogens with one attached hydrogen (secondary N) is 1. The number of nitrogens with zero attached hydrogens (tertiary/aromatic N) is 3. The molecule has 0 unspecified atom stereocenters. The number of carbonyl (C=O) groups is 1. The normalized spacial score (nSPS) is 11.8. The van der Waals surface area contributed by atoms with E-state index in [-0.39, 0.29) is 16.9 Å². The van der Waals surface area contributed by atoms with Gasteiger partial charge in [0.25, 0.3) is 5.91 Å². The van der Waals surface area contributed by atoms with Gasteiger partial charge in [0.15, 0.2) is 0 Å². The van der Waals surface area contributed by atoms with Crippen LogP contribution >= 0.6 is 15.9 Å². The van der Waals surface area contributed by atoms with E-state index in [9.17, 15) is 22.4 Å². The van der Waals surface area contributed by atoms with Crippen molar-refractivity contribution in [1.82, 2.24) is 14.8 Å².